The van der Waals surface area contributed by atoms with Crippen molar-refractivity contribution in [1.29, 1.82) is 0 Å². The van der Waals surface area contributed by atoms with Crippen molar-refractivity contribution in [3.8, 4) is 11.4 Å². The number of pyridine rings is 1. The fourth-order valence-corrected chi connectivity index (χ4v) is 5.23. The second kappa shape index (κ2) is 6.13. The standard InChI is InChI=1S/C18H22N6O2S/c1-12-9-19-17-14(8-15(21-17)27(25,26)24-6-2-3-7-24)16(12)18-20-11-23(22-18)10-13-4-5-13/h8-9,11,13H,2-7,10H2,1H3,(H,19,21). The first-order chi connectivity index (χ1) is 13.0. The average Bonchev–Trinajstić information content (AvgIpc) is 3.10. The topological polar surface area (TPSA) is 96.8 Å². The van der Waals surface area contributed by atoms with Gasteiger partial charge in [0.15, 0.2) is 5.82 Å². The highest BCUT2D eigenvalue weighted by atomic mass is 32.2. The Labute approximate surface area is 157 Å². The maximum absolute atomic E-state index is 12.9. The molecule has 0 bridgehead atoms. The number of H-pyrrole nitrogens is 1. The van der Waals surface area contributed by atoms with Gasteiger partial charge in [0.1, 0.15) is 17.0 Å². The predicted octanol–water partition coefficient (Wildman–Crippen LogP) is 2.32. The average molecular weight is 386 g/mol. The lowest BCUT2D eigenvalue weighted by Gasteiger charge is -2.13. The third kappa shape index (κ3) is 2.94. The minimum atomic E-state index is -3.52. The number of rotatable bonds is 5. The van der Waals surface area contributed by atoms with E-state index in [2.05, 4.69) is 20.1 Å². The molecule has 1 aliphatic carbocycles. The molecule has 1 aliphatic heterocycles. The van der Waals surface area contributed by atoms with Gasteiger partial charge >= 0.3 is 0 Å². The van der Waals surface area contributed by atoms with Crippen LogP contribution in [-0.4, -0.2) is 50.5 Å². The normalized spacial score (nSPS) is 18.6. The summed E-state index contributed by atoms with van der Waals surface area (Å²) in [6.07, 6.45) is 7.82. The Balaban J connectivity index is 1.59. The summed E-state index contributed by atoms with van der Waals surface area (Å²) in [6.45, 7) is 3.99. The first-order valence-corrected chi connectivity index (χ1v) is 10.8. The van der Waals surface area contributed by atoms with E-state index in [1.165, 1.54) is 17.1 Å². The zero-order valence-corrected chi connectivity index (χ0v) is 16.0. The van der Waals surface area contributed by atoms with Crippen molar-refractivity contribution in [2.24, 2.45) is 5.92 Å². The van der Waals surface area contributed by atoms with Gasteiger partial charge in [0.25, 0.3) is 10.0 Å². The fraction of sp³-hybridized carbons (Fsp3) is 0.500. The Hall–Kier alpha value is -2.26. The molecule has 2 aliphatic rings. The number of fused-ring (bicyclic) bond motifs is 1. The highest BCUT2D eigenvalue weighted by Crippen LogP contribution is 2.33. The third-order valence-corrected chi connectivity index (χ3v) is 7.23. The molecule has 9 heteroatoms. The second-order valence-electron chi connectivity index (χ2n) is 7.56. The molecular formula is C18H22N6O2S. The molecule has 2 fully saturated rings. The third-order valence-electron chi connectivity index (χ3n) is 5.41. The molecule has 0 amide bonds. The van der Waals surface area contributed by atoms with Gasteiger partial charge in [-0.05, 0) is 50.2 Å². The van der Waals surface area contributed by atoms with Crippen LogP contribution in [0.4, 0.5) is 0 Å². The van der Waals surface area contributed by atoms with Crippen molar-refractivity contribution in [2.45, 2.75) is 44.2 Å². The van der Waals surface area contributed by atoms with E-state index in [1.807, 2.05) is 11.6 Å². The van der Waals surface area contributed by atoms with Gasteiger partial charge < -0.3 is 4.98 Å². The quantitative estimate of drug-likeness (QED) is 0.726. The molecule has 27 heavy (non-hydrogen) atoms. The van der Waals surface area contributed by atoms with Gasteiger partial charge in [0, 0.05) is 36.8 Å². The number of nitrogens with zero attached hydrogens (tertiary/aromatic N) is 5. The van der Waals surface area contributed by atoms with Crippen LogP contribution in [0.1, 0.15) is 31.2 Å². The van der Waals surface area contributed by atoms with Gasteiger partial charge in [-0.25, -0.2) is 18.4 Å². The molecule has 8 nitrogen and oxygen atoms in total. The van der Waals surface area contributed by atoms with E-state index in [9.17, 15) is 8.42 Å². The van der Waals surface area contributed by atoms with Crippen molar-refractivity contribution in [1.82, 2.24) is 29.0 Å². The summed E-state index contributed by atoms with van der Waals surface area (Å²) in [5.41, 5.74) is 2.32. The molecule has 0 radical (unpaired) electrons. The van der Waals surface area contributed by atoms with Crippen molar-refractivity contribution in [2.75, 3.05) is 13.1 Å². The van der Waals surface area contributed by atoms with Crippen LogP contribution in [0.3, 0.4) is 0 Å². The lowest BCUT2D eigenvalue weighted by Crippen LogP contribution is -2.28. The van der Waals surface area contributed by atoms with Gasteiger partial charge in [0.05, 0.1) is 0 Å². The fourth-order valence-electron chi connectivity index (χ4n) is 3.72. The first-order valence-electron chi connectivity index (χ1n) is 9.40. The van der Waals surface area contributed by atoms with Crippen molar-refractivity contribution in [3.05, 3.63) is 24.2 Å². The minimum absolute atomic E-state index is 0.191. The molecule has 142 valence electrons. The van der Waals surface area contributed by atoms with Gasteiger partial charge in [-0.2, -0.15) is 9.40 Å². The Morgan fingerprint density at radius 3 is 2.74 bits per heavy atom. The lowest BCUT2D eigenvalue weighted by atomic mass is 10.1. The molecule has 0 spiro atoms. The van der Waals surface area contributed by atoms with E-state index in [1.54, 1.807) is 18.6 Å². The summed E-state index contributed by atoms with van der Waals surface area (Å²) in [5.74, 6) is 1.33. The largest absolute Gasteiger partial charge is 0.329 e. The van der Waals surface area contributed by atoms with Crippen LogP contribution in [-0.2, 0) is 16.6 Å². The van der Waals surface area contributed by atoms with E-state index in [4.69, 9.17) is 0 Å². The van der Waals surface area contributed by atoms with E-state index < -0.39 is 10.0 Å². The van der Waals surface area contributed by atoms with E-state index in [0.29, 0.717) is 30.5 Å². The van der Waals surface area contributed by atoms with Crippen molar-refractivity contribution < 1.29 is 8.42 Å². The van der Waals surface area contributed by atoms with Crippen LogP contribution in [0.15, 0.2) is 23.6 Å². The lowest BCUT2D eigenvalue weighted by molar-refractivity contribution is 0.475. The molecule has 0 aromatic carbocycles. The number of hydrogen-bond donors (Lipinski definition) is 1. The van der Waals surface area contributed by atoms with Gasteiger partial charge in [-0.1, -0.05) is 0 Å². The molecule has 3 aromatic rings. The van der Waals surface area contributed by atoms with E-state index in [-0.39, 0.29) is 5.03 Å². The number of hydrogen-bond acceptors (Lipinski definition) is 5. The number of aromatic amines is 1. The molecule has 0 unspecified atom stereocenters. The summed E-state index contributed by atoms with van der Waals surface area (Å²) in [5, 5.41) is 5.56. The number of aryl methyl sites for hydroxylation is 1. The van der Waals surface area contributed by atoms with Gasteiger partial charge in [0.2, 0.25) is 0 Å². The Bertz CT molecular complexity index is 1110. The Morgan fingerprint density at radius 1 is 1.22 bits per heavy atom. The summed E-state index contributed by atoms with van der Waals surface area (Å²) in [4.78, 5) is 11.9. The molecular weight excluding hydrogens is 364 g/mol. The monoisotopic (exact) mass is 386 g/mol. The molecule has 5 rings (SSSR count). The Kier molecular flexibility index (Phi) is 3.83. The summed E-state index contributed by atoms with van der Waals surface area (Å²) < 4.78 is 29.2. The Morgan fingerprint density at radius 2 is 2.00 bits per heavy atom. The summed E-state index contributed by atoms with van der Waals surface area (Å²) >= 11 is 0. The zero-order valence-electron chi connectivity index (χ0n) is 15.2. The number of sulfonamides is 1. The molecule has 1 saturated heterocycles. The highest BCUT2D eigenvalue weighted by molar-refractivity contribution is 7.89. The molecule has 0 atom stereocenters. The van der Waals surface area contributed by atoms with Crippen LogP contribution in [0, 0.1) is 12.8 Å². The van der Waals surface area contributed by atoms with Crippen LogP contribution in [0.2, 0.25) is 0 Å². The zero-order chi connectivity index (χ0) is 18.6. The number of aromatic nitrogens is 5. The van der Waals surface area contributed by atoms with Crippen molar-refractivity contribution >= 4 is 21.1 Å². The molecule has 3 aromatic heterocycles. The summed E-state index contributed by atoms with van der Waals surface area (Å²) in [7, 11) is -3.52. The highest BCUT2D eigenvalue weighted by Gasteiger charge is 2.30. The van der Waals surface area contributed by atoms with Gasteiger partial charge in [-0.3, -0.25) is 4.68 Å². The molecule has 4 heterocycles. The smallest absolute Gasteiger partial charge is 0.258 e. The SMILES string of the molecule is Cc1cnc2[nH]c(S(=O)(=O)N3CCCC3)cc2c1-c1ncn(CC2CC2)n1. The molecule has 1 N–H and O–H groups in total. The maximum Gasteiger partial charge on any atom is 0.258 e. The van der Waals surface area contributed by atoms with E-state index >= 15 is 0 Å². The van der Waals surface area contributed by atoms with Gasteiger partial charge in [-0.15, -0.1) is 0 Å². The molecule has 1 saturated carbocycles. The second-order valence-corrected chi connectivity index (χ2v) is 9.46. The van der Waals surface area contributed by atoms with Crippen LogP contribution in [0.5, 0.6) is 0 Å². The summed E-state index contributed by atoms with van der Waals surface area (Å²) in [6, 6.07) is 1.68. The first kappa shape index (κ1) is 16.9. The van der Waals surface area contributed by atoms with Crippen molar-refractivity contribution in [3.63, 3.8) is 0 Å². The van der Waals surface area contributed by atoms with Crippen LogP contribution in [0.25, 0.3) is 22.4 Å². The predicted molar refractivity (Wildman–Crippen MR) is 101 cm³/mol. The van der Waals surface area contributed by atoms with Crippen LogP contribution >= 0.6 is 0 Å². The maximum atomic E-state index is 12.9. The van der Waals surface area contributed by atoms with E-state index in [0.717, 1.165) is 35.9 Å². The van der Waals surface area contributed by atoms with Crippen LogP contribution < -0.4 is 0 Å². The minimum Gasteiger partial charge on any atom is -0.329 e. The number of nitrogens with one attached hydrogen (secondary N) is 1.